The Morgan fingerprint density at radius 2 is 2.00 bits per heavy atom. The predicted molar refractivity (Wildman–Crippen MR) is 128 cm³/mol. The lowest BCUT2D eigenvalue weighted by Gasteiger charge is -2.16. The van der Waals surface area contributed by atoms with Crippen molar-refractivity contribution in [2.45, 2.75) is 32.3 Å². The van der Waals surface area contributed by atoms with Gasteiger partial charge in [0.1, 0.15) is 28.5 Å². The maximum absolute atomic E-state index is 13.2. The van der Waals surface area contributed by atoms with E-state index in [2.05, 4.69) is 10.1 Å². The maximum Gasteiger partial charge on any atom is 0.387 e. The number of alkyl halides is 2. The molecule has 5 rings (SSSR count). The number of imidazole rings is 1. The van der Waals surface area contributed by atoms with Crippen LogP contribution in [-0.2, 0) is 13.5 Å². The quantitative estimate of drug-likeness (QED) is 0.274. The van der Waals surface area contributed by atoms with Gasteiger partial charge in [0.15, 0.2) is 5.78 Å². The summed E-state index contributed by atoms with van der Waals surface area (Å²) in [6, 6.07) is 6.70. The third-order valence-electron chi connectivity index (χ3n) is 6.15. The smallest absolute Gasteiger partial charge is 0.387 e. The Hall–Kier alpha value is -3.95. The number of hydrogen-bond acceptors (Lipinski definition) is 6. The number of ether oxygens (including phenoxy) is 3. The van der Waals surface area contributed by atoms with Gasteiger partial charge in [0, 0.05) is 43.9 Å². The molecule has 3 aromatic heterocycles. The summed E-state index contributed by atoms with van der Waals surface area (Å²) < 4.78 is 46.1. The van der Waals surface area contributed by atoms with Crippen LogP contribution in [0.25, 0.3) is 16.9 Å². The monoisotopic (exact) mass is 496 g/mol. The number of ketones is 1. The number of halogens is 2. The maximum atomic E-state index is 13.2. The van der Waals surface area contributed by atoms with Gasteiger partial charge in [0.2, 0.25) is 0 Å². The van der Waals surface area contributed by atoms with Crippen molar-refractivity contribution >= 4 is 11.4 Å². The number of fused-ring (bicyclic) bond motifs is 1. The van der Waals surface area contributed by atoms with E-state index in [0.717, 1.165) is 24.8 Å². The lowest BCUT2D eigenvalue weighted by atomic mass is 10.00. The molecule has 36 heavy (non-hydrogen) atoms. The molecule has 0 amide bonds. The highest BCUT2D eigenvalue weighted by atomic mass is 19.3. The minimum absolute atomic E-state index is 0.0478. The van der Waals surface area contributed by atoms with Gasteiger partial charge in [0.05, 0.1) is 31.8 Å². The van der Waals surface area contributed by atoms with Crippen LogP contribution in [0, 0.1) is 5.92 Å². The Labute approximate surface area is 206 Å². The van der Waals surface area contributed by atoms with E-state index in [1.165, 1.54) is 13.2 Å². The van der Waals surface area contributed by atoms with Crippen molar-refractivity contribution in [3.05, 3.63) is 60.2 Å². The first kappa shape index (κ1) is 23.8. The Balaban J connectivity index is 1.42. The topological polar surface area (TPSA) is 79.9 Å². The molecule has 1 fully saturated rings. The zero-order chi connectivity index (χ0) is 25.2. The zero-order valence-electron chi connectivity index (χ0n) is 20.0. The number of rotatable bonds is 11. The second-order valence-corrected chi connectivity index (χ2v) is 8.86. The summed E-state index contributed by atoms with van der Waals surface area (Å²) in [7, 11) is 3.27. The lowest BCUT2D eigenvalue weighted by Crippen LogP contribution is -2.11. The first-order valence-electron chi connectivity index (χ1n) is 11.7. The van der Waals surface area contributed by atoms with E-state index in [1.54, 1.807) is 39.8 Å². The molecule has 3 heterocycles. The number of nitrogens with zero attached hydrogens (tertiary/aromatic N) is 4. The molecule has 0 bridgehead atoms. The number of carbonyl (C=O) groups is 1. The van der Waals surface area contributed by atoms with Gasteiger partial charge in [-0.3, -0.25) is 13.9 Å². The van der Waals surface area contributed by atoms with Gasteiger partial charge in [-0.1, -0.05) is 0 Å². The fraction of sp³-hybridized carbons (Fsp3) is 0.346. The minimum atomic E-state index is -3.08. The van der Waals surface area contributed by atoms with Crippen LogP contribution in [0.1, 0.15) is 35.2 Å². The van der Waals surface area contributed by atoms with Crippen LogP contribution < -0.4 is 14.2 Å². The number of Topliss-reactive ketones (excluding diaryl/α,β-unsaturated/α-hetero) is 1. The second-order valence-electron chi connectivity index (χ2n) is 8.86. The highest BCUT2D eigenvalue weighted by Gasteiger charge is 2.29. The highest BCUT2D eigenvalue weighted by molar-refractivity contribution is 6.02. The Kier molecular flexibility index (Phi) is 6.58. The SMILES string of the molecule is COc1cc(-c2cnc3cc(OCCc4cnn(C)c4)ccn23)cc(OC(F)F)c1C(=O)CC1CC1. The van der Waals surface area contributed by atoms with Crippen molar-refractivity contribution in [2.75, 3.05) is 13.7 Å². The van der Waals surface area contributed by atoms with Crippen molar-refractivity contribution in [1.82, 2.24) is 19.2 Å². The molecule has 0 radical (unpaired) electrons. The highest BCUT2D eigenvalue weighted by Crippen LogP contribution is 2.40. The molecule has 0 N–H and O–H groups in total. The van der Waals surface area contributed by atoms with Crippen molar-refractivity contribution in [3.63, 3.8) is 0 Å². The van der Waals surface area contributed by atoms with Gasteiger partial charge in [0.25, 0.3) is 0 Å². The van der Waals surface area contributed by atoms with E-state index in [1.807, 2.05) is 19.3 Å². The van der Waals surface area contributed by atoms with Gasteiger partial charge in [-0.05, 0) is 42.5 Å². The number of pyridine rings is 1. The van der Waals surface area contributed by atoms with Crippen LogP contribution in [-0.4, -0.2) is 45.3 Å². The normalized spacial score (nSPS) is 13.4. The van der Waals surface area contributed by atoms with Crippen LogP contribution in [0.3, 0.4) is 0 Å². The van der Waals surface area contributed by atoms with Crippen LogP contribution in [0.2, 0.25) is 0 Å². The number of hydrogen-bond donors (Lipinski definition) is 0. The average Bonchev–Trinajstić information content (AvgIpc) is 3.40. The van der Waals surface area contributed by atoms with Crippen LogP contribution >= 0.6 is 0 Å². The van der Waals surface area contributed by atoms with Gasteiger partial charge >= 0.3 is 6.61 Å². The fourth-order valence-corrected chi connectivity index (χ4v) is 4.20. The van der Waals surface area contributed by atoms with Gasteiger partial charge in [-0.25, -0.2) is 4.98 Å². The van der Waals surface area contributed by atoms with Crippen LogP contribution in [0.5, 0.6) is 17.2 Å². The van der Waals surface area contributed by atoms with Crippen LogP contribution in [0.15, 0.2) is 49.1 Å². The molecular weight excluding hydrogens is 470 g/mol. The van der Waals surface area contributed by atoms with E-state index in [4.69, 9.17) is 14.2 Å². The molecule has 0 saturated heterocycles. The summed E-state index contributed by atoms with van der Waals surface area (Å²) in [6.45, 7) is -2.59. The summed E-state index contributed by atoms with van der Waals surface area (Å²) in [5.74, 6) is 0.682. The van der Waals surface area contributed by atoms with Crippen molar-refractivity contribution in [3.8, 4) is 28.5 Å². The van der Waals surface area contributed by atoms with Gasteiger partial charge in [-0.2, -0.15) is 13.9 Å². The standard InChI is InChI=1S/C26H26F2N4O4/c1-31-15-17(13-30-31)6-8-35-19-5-7-32-20(14-29-24(32)12-19)18-10-22(34-2)25(21(33)9-16-3-4-16)23(11-18)36-26(27)28/h5,7,10-16,26H,3-4,6,8-9H2,1-2H3. The number of carbonyl (C=O) groups excluding carboxylic acids is 1. The lowest BCUT2D eigenvalue weighted by molar-refractivity contribution is -0.0502. The molecule has 0 atom stereocenters. The first-order chi connectivity index (χ1) is 17.4. The first-order valence-corrected chi connectivity index (χ1v) is 11.7. The molecule has 188 valence electrons. The Morgan fingerprint density at radius 3 is 2.69 bits per heavy atom. The molecule has 4 aromatic rings. The zero-order valence-corrected chi connectivity index (χ0v) is 20.0. The largest absolute Gasteiger partial charge is 0.496 e. The van der Waals surface area contributed by atoms with Gasteiger partial charge < -0.3 is 14.2 Å². The predicted octanol–water partition coefficient (Wildman–Crippen LogP) is 4.95. The summed E-state index contributed by atoms with van der Waals surface area (Å²) in [5.41, 5.74) is 2.91. The summed E-state index contributed by atoms with van der Waals surface area (Å²) in [4.78, 5) is 17.3. The van der Waals surface area contributed by atoms with Crippen LogP contribution in [0.4, 0.5) is 8.78 Å². The van der Waals surface area contributed by atoms with E-state index in [0.29, 0.717) is 35.2 Å². The average molecular weight is 497 g/mol. The molecule has 0 aliphatic heterocycles. The van der Waals surface area contributed by atoms with Gasteiger partial charge in [-0.15, -0.1) is 0 Å². The third kappa shape index (κ3) is 5.17. The molecular formula is C26H26F2N4O4. The molecule has 1 aliphatic rings. The number of aromatic nitrogens is 4. The van der Waals surface area contributed by atoms with E-state index < -0.39 is 6.61 Å². The van der Waals surface area contributed by atoms with E-state index >= 15 is 0 Å². The fourth-order valence-electron chi connectivity index (χ4n) is 4.20. The summed E-state index contributed by atoms with van der Waals surface area (Å²) in [6.07, 6.45) is 10.1. The van der Waals surface area contributed by atoms with Crippen molar-refractivity contribution in [1.29, 1.82) is 0 Å². The summed E-state index contributed by atoms with van der Waals surface area (Å²) >= 11 is 0. The second kappa shape index (κ2) is 9.96. The molecule has 1 saturated carbocycles. The third-order valence-corrected chi connectivity index (χ3v) is 6.15. The molecule has 10 heteroatoms. The Morgan fingerprint density at radius 1 is 1.19 bits per heavy atom. The molecule has 0 unspecified atom stereocenters. The molecule has 8 nitrogen and oxygen atoms in total. The molecule has 1 aromatic carbocycles. The van der Waals surface area contributed by atoms with Crippen molar-refractivity contribution in [2.24, 2.45) is 13.0 Å². The van der Waals surface area contributed by atoms with E-state index in [-0.39, 0.29) is 29.3 Å². The number of methoxy groups -OCH3 is 1. The Bertz CT molecular complexity index is 1390. The number of aryl methyl sites for hydroxylation is 1. The molecule has 0 spiro atoms. The van der Waals surface area contributed by atoms with E-state index in [9.17, 15) is 13.6 Å². The number of benzene rings is 1. The molecule has 1 aliphatic carbocycles. The summed E-state index contributed by atoms with van der Waals surface area (Å²) in [5, 5.41) is 4.15. The van der Waals surface area contributed by atoms with Crippen molar-refractivity contribution < 1.29 is 27.8 Å². The minimum Gasteiger partial charge on any atom is -0.496 e.